The average Bonchev–Trinajstić information content (AvgIpc) is 3.03. The molecule has 3 heteroatoms. The van der Waals surface area contributed by atoms with Gasteiger partial charge in [-0.2, -0.15) is 4.80 Å². The van der Waals surface area contributed by atoms with Gasteiger partial charge < -0.3 is 0 Å². The van der Waals surface area contributed by atoms with Crippen LogP contribution in [0.3, 0.4) is 0 Å². The van der Waals surface area contributed by atoms with Gasteiger partial charge in [0.05, 0.1) is 5.69 Å². The summed E-state index contributed by atoms with van der Waals surface area (Å²) in [5, 5.41) is 9.42. The second-order valence-corrected chi connectivity index (χ2v) is 6.63. The van der Waals surface area contributed by atoms with Crippen LogP contribution in [0.25, 0.3) is 16.7 Å². The first kappa shape index (κ1) is 16.7. The van der Waals surface area contributed by atoms with E-state index in [1.807, 2.05) is 0 Å². The second kappa shape index (κ2) is 8.09. The highest BCUT2D eigenvalue weighted by Gasteiger charge is 2.09. The molecule has 3 rings (SSSR count). The Hall–Kier alpha value is -2.16. The largest absolute Gasteiger partial charge is 0.150 e. The standard InChI is InChI=1S/C21H27N3/c1-3-4-5-6-7-8-12-18-13-10-15-20-21(18)23-24(22-20)19-14-9-11-17(2)16-19/h9-11,13-16H,3-8,12H2,1-2H3. The highest BCUT2D eigenvalue weighted by Crippen LogP contribution is 2.19. The minimum atomic E-state index is 0.986. The molecule has 0 aliphatic carbocycles. The zero-order valence-electron chi connectivity index (χ0n) is 14.8. The number of aromatic nitrogens is 3. The molecule has 3 aromatic rings. The van der Waals surface area contributed by atoms with Crippen molar-refractivity contribution in [2.45, 2.75) is 58.8 Å². The van der Waals surface area contributed by atoms with Crippen molar-refractivity contribution in [3.05, 3.63) is 53.6 Å². The number of fused-ring (bicyclic) bond motifs is 1. The lowest BCUT2D eigenvalue weighted by atomic mass is 10.0. The van der Waals surface area contributed by atoms with Crippen LogP contribution in [0.1, 0.15) is 56.6 Å². The van der Waals surface area contributed by atoms with E-state index in [0.29, 0.717) is 0 Å². The number of hydrogen-bond acceptors (Lipinski definition) is 2. The van der Waals surface area contributed by atoms with Crippen LogP contribution in [0.15, 0.2) is 42.5 Å². The quantitative estimate of drug-likeness (QED) is 0.503. The lowest BCUT2D eigenvalue weighted by Gasteiger charge is -2.02. The highest BCUT2D eigenvalue weighted by atomic mass is 15.5. The zero-order chi connectivity index (χ0) is 16.8. The summed E-state index contributed by atoms with van der Waals surface area (Å²) in [4.78, 5) is 1.77. The molecule has 0 atom stereocenters. The van der Waals surface area contributed by atoms with Gasteiger partial charge in [0.25, 0.3) is 0 Å². The maximum atomic E-state index is 4.76. The Balaban J connectivity index is 1.73. The summed E-state index contributed by atoms with van der Waals surface area (Å²) in [5.74, 6) is 0. The molecule has 1 aromatic heterocycles. The van der Waals surface area contributed by atoms with E-state index in [0.717, 1.165) is 23.1 Å². The number of nitrogens with zero attached hydrogens (tertiary/aromatic N) is 3. The van der Waals surface area contributed by atoms with Crippen molar-refractivity contribution in [1.29, 1.82) is 0 Å². The van der Waals surface area contributed by atoms with Crippen molar-refractivity contribution in [2.24, 2.45) is 0 Å². The first-order chi connectivity index (χ1) is 11.8. The van der Waals surface area contributed by atoms with Gasteiger partial charge in [-0.3, -0.25) is 0 Å². The molecular formula is C21H27N3. The number of unbranched alkanes of at least 4 members (excludes halogenated alkanes) is 5. The molecule has 0 unspecified atom stereocenters. The number of hydrogen-bond donors (Lipinski definition) is 0. The van der Waals surface area contributed by atoms with E-state index in [2.05, 4.69) is 61.4 Å². The fourth-order valence-electron chi connectivity index (χ4n) is 3.16. The van der Waals surface area contributed by atoms with Gasteiger partial charge in [0, 0.05) is 0 Å². The van der Waals surface area contributed by atoms with Gasteiger partial charge in [-0.05, 0) is 49.1 Å². The van der Waals surface area contributed by atoms with Gasteiger partial charge in [0.15, 0.2) is 0 Å². The number of rotatable bonds is 8. The first-order valence-corrected chi connectivity index (χ1v) is 9.20. The third-order valence-corrected chi connectivity index (χ3v) is 4.53. The lowest BCUT2D eigenvalue weighted by molar-refractivity contribution is 0.608. The maximum Gasteiger partial charge on any atom is 0.116 e. The van der Waals surface area contributed by atoms with Crippen LogP contribution >= 0.6 is 0 Å². The van der Waals surface area contributed by atoms with Crippen molar-refractivity contribution in [3.8, 4) is 5.69 Å². The summed E-state index contributed by atoms with van der Waals surface area (Å²) < 4.78 is 0. The monoisotopic (exact) mass is 321 g/mol. The predicted octanol–water partition coefficient (Wildman–Crippen LogP) is 5.63. The van der Waals surface area contributed by atoms with Crippen molar-refractivity contribution in [2.75, 3.05) is 0 Å². The molecular weight excluding hydrogens is 294 g/mol. The molecule has 0 radical (unpaired) electrons. The van der Waals surface area contributed by atoms with Gasteiger partial charge in [0.2, 0.25) is 0 Å². The Kier molecular flexibility index (Phi) is 5.63. The van der Waals surface area contributed by atoms with Crippen LogP contribution < -0.4 is 0 Å². The van der Waals surface area contributed by atoms with Crippen LogP contribution in [0, 0.1) is 6.92 Å². The van der Waals surface area contributed by atoms with E-state index < -0.39 is 0 Å². The smallest absolute Gasteiger partial charge is 0.116 e. The van der Waals surface area contributed by atoms with Crippen molar-refractivity contribution < 1.29 is 0 Å². The van der Waals surface area contributed by atoms with Gasteiger partial charge >= 0.3 is 0 Å². The Morgan fingerprint density at radius 3 is 2.50 bits per heavy atom. The minimum absolute atomic E-state index is 0.986. The Morgan fingerprint density at radius 2 is 1.67 bits per heavy atom. The van der Waals surface area contributed by atoms with Gasteiger partial charge in [-0.15, -0.1) is 10.2 Å². The molecule has 0 saturated carbocycles. The van der Waals surface area contributed by atoms with E-state index in [-0.39, 0.29) is 0 Å². The average molecular weight is 321 g/mol. The Bertz CT molecular complexity index is 789. The summed E-state index contributed by atoms with van der Waals surface area (Å²) in [6, 6.07) is 14.7. The van der Waals surface area contributed by atoms with E-state index in [1.165, 1.54) is 49.7 Å². The van der Waals surface area contributed by atoms with E-state index in [4.69, 9.17) is 5.10 Å². The summed E-state index contributed by atoms with van der Waals surface area (Å²) in [7, 11) is 0. The third kappa shape index (κ3) is 4.02. The van der Waals surface area contributed by atoms with Crippen LogP contribution in [0.5, 0.6) is 0 Å². The molecule has 126 valence electrons. The molecule has 3 nitrogen and oxygen atoms in total. The fraction of sp³-hybridized carbons (Fsp3) is 0.429. The fourth-order valence-corrected chi connectivity index (χ4v) is 3.16. The minimum Gasteiger partial charge on any atom is -0.150 e. The zero-order valence-corrected chi connectivity index (χ0v) is 14.8. The summed E-state index contributed by atoms with van der Waals surface area (Å²) in [5.41, 5.74) is 5.60. The number of aryl methyl sites for hydroxylation is 2. The van der Waals surface area contributed by atoms with Gasteiger partial charge in [-0.1, -0.05) is 63.3 Å². The van der Waals surface area contributed by atoms with Gasteiger partial charge in [0.1, 0.15) is 11.0 Å². The van der Waals surface area contributed by atoms with E-state index in [9.17, 15) is 0 Å². The molecule has 0 amide bonds. The number of benzene rings is 2. The van der Waals surface area contributed by atoms with Crippen LogP contribution in [0.4, 0.5) is 0 Å². The maximum absolute atomic E-state index is 4.76. The Morgan fingerprint density at radius 1 is 0.875 bits per heavy atom. The molecule has 2 aromatic carbocycles. The summed E-state index contributed by atoms with van der Waals surface area (Å²) in [6.45, 7) is 4.36. The van der Waals surface area contributed by atoms with Crippen LogP contribution in [-0.2, 0) is 6.42 Å². The molecule has 0 aliphatic rings. The highest BCUT2D eigenvalue weighted by molar-refractivity contribution is 5.77. The normalized spacial score (nSPS) is 11.2. The van der Waals surface area contributed by atoms with Crippen molar-refractivity contribution in [3.63, 3.8) is 0 Å². The first-order valence-electron chi connectivity index (χ1n) is 9.20. The Labute approximate surface area is 144 Å². The molecule has 0 bridgehead atoms. The molecule has 0 spiro atoms. The van der Waals surface area contributed by atoms with Crippen LogP contribution in [-0.4, -0.2) is 15.0 Å². The summed E-state index contributed by atoms with van der Waals surface area (Å²) in [6.07, 6.45) is 9.02. The topological polar surface area (TPSA) is 30.7 Å². The van der Waals surface area contributed by atoms with Crippen molar-refractivity contribution >= 4 is 11.0 Å². The van der Waals surface area contributed by atoms with E-state index >= 15 is 0 Å². The second-order valence-electron chi connectivity index (χ2n) is 6.63. The van der Waals surface area contributed by atoms with Gasteiger partial charge in [-0.25, -0.2) is 0 Å². The van der Waals surface area contributed by atoms with Crippen LogP contribution in [0.2, 0.25) is 0 Å². The molecule has 0 saturated heterocycles. The SMILES string of the molecule is CCCCCCCCc1cccc2nn(-c3cccc(C)c3)nc12. The molecule has 0 aliphatic heterocycles. The summed E-state index contributed by atoms with van der Waals surface area (Å²) >= 11 is 0. The molecule has 1 heterocycles. The predicted molar refractivity (Wildman–Crippen MR) is 101 cm³/mol. The molecule has 24 heavy (non-hydrogen) atoms. The lowest BCUT2D eigenvalue weighted by Crippen LogP contribution is -1.98. The van der Waals surface area contributed by atoms with Crippen molar-refractivity contribution in [1.82, 2.24) is 15.0 Å². The van der Waals surface area contributed by atoms with E-state index in [1.54, 1.807) is 4.80 Å². The third-order valence-electron chi connectivity index (χ3n) is 4.53. The molecule has 0 fully saturated rings. The molecule has 0 N–H and O–H groups in total.